The number of nitrogens with zero attached hydrogens (tertiary/aromatic N) is 6. The van der Waals surface area contributed by atoms with Gasteiger partial charge in [-0.15, -0.1) is 5.10 Å². The minimum atomic E-state index is -0.0266. The van der Waals surface area contributed by atoms with Gasteiger partial charge < -0.3 is 9.64 Å². The molecule has 0 aliphatic carbocycles. The van der Waals surface area contributed by atoms with Crippen molar-refractivity contribution in [2.75, 3.05) is 13.1 Å². The van der Waals surface area contributed by atoms with Crippen LogP contribution in [-0.2, 0) is 24.5 Å². The van der Waals surface area contributed by atoms with Crippen molar-refractivity contribution in [1.82, 2.24) is 29.7 Å². The summed E-state index contributed by atoms with van der Waals surface area (Å²) >= 11 is 0. The second kappa shape index (κ2) is 8.35. The van der Waals surface area contributed by atoms with Crippen LogP contribution < -0.4 is 0 Å². The minimum Gasteiger partial charge on any atom is -0.370 e. The predicted octanol–water partition coefficient (Wildman–Crippen LogP) is 2.30. The van der Waals surface area contributed by atoms with E-state index in [1.165, 1.54) is 0 Å². The van der Waals surface area contributed by atoms with Crippen LogP contribution in [0.3, 0.4) is 0 Å². The molecule has 0 saturated carbocycles. The molecule has 4 rings (SSSR count). The summed E-state index contributed by atoms with van der Waals surface area (Å²) in [5.74, 6) is -0.0266. The van der Waals surface area contributed by atoms with Gasteiger partial charge in [-0.1, -0.05) is 35.5 Å². The quantitative estimate of drug-likeness (QED) is 0.628. The van der Waals surface area contributed by atoms with E-state index < -0.39 is 0 Å². The van der Waals surface area contributed by atoms with Crippen LogP contribution in [0.1, 0.15) is 41.1 Å². The average Bonchev–Trinajstić information content (AvgIpc) is 3.48. The van der Waals surface area contributed by atoms with Crippen molar-refractivity contribution in [2.45, 2.75) is 39.1 Å². The van der Waals surface area contributed by atoms with E-state index in [0.29, 0.717) is 32.0 Å². The number of carbonyl (C=O) groups is 1. The van der Waals surface area contributed by atoms with Crippen LogP contribution in [0.15, 0.2) is 48.8 Å². The van der Waals surface area contributed by atoms with E-state index >= 15 is 0 Å². The number of amides is 1. The Morgan fingerprint density at radius 1 is 1.21 bits per heavy atom. The molecular formula is C20H24N6O2. The molecule has 1 aromatic carbocycles. The normalized spacial score (nSPS) is 16.6. The second-order valence-corrected chi connectivity index (χ2v) is 6.92. The van der Waals surface area contributed by atoms with Gasteiger partial charge in [-0.25, -0.2) is 4.68 Å². The molecule has 0 unspecified atom stereocenters. The van der Waals surface area contributed by atoms with Crippen LogP contribution in [-0.4, -0.2) is 48.7 Å². The fourth-order valence-corrected chi connectivity index (χ4v) is 3.36. The fourth-order valence-electron chi connectivity index (χ4n) is 3.36. The summed E-state index contributed by atoms with van der Waals surface area (Å²) in [6, 6.07) is 11.9. The summed E-state index contributed by atoms with van der Waals surface area (Å²) in [6.07, 6.45) is 4.60. The van der Waals surface area contributed by atoms with Crippen LogP contribution in [0.25, 0.3) is 0 Å². The number of rotatable bonds is 7. The highest BCUT2D eigenvalue weighted by Gasteiger charge is 2.29. The first kappa shape index (κ1) is 18.4. The van der Waals surface area contributed by atoms with E-state index in [0.717, 1.165) is 24.2 Å². The molecule has 1 saturated heterocycles. The van der Waals surface area contributed by atoms with E-state index in [-0.39, 0.29) is 11.9 Å². The molecule has 8 heteroatoms. The van der Waals surface area contributed by atoms with E-state index in [9.17, 15) is 4.79 Å². The lowest BCUT2D eigenvalue weighted by atomic mass is 10.2. The molecule has 0 N–H and O–H groups in total. The van der Waals surface area contributed by atoms with Crippen molar-refractivity contribution >= 4 is 5.91 Å². The number of ether oxygens (including phenoxy) is 1. The standard InChI is InChI=1S/C20H24N6O2/c1-2-25-11-9-19(22-25)20(27)24-10-8-18(13-24)26-12-17(21-23-26)15-28-14-16-6-4-3-5-7-16/h3-7,9,11-12,18H,2,8,10,13-15H2,1H3/t18-/m0/s1. The van der Waals surface area contributed by atoms with Crippen LogP contribution in [0.2, 0.25) is 0 Å². The van der Waals surface area contributed by atoms with E-state index in [1.807, 2.05) is 59.2 Å². The third kappa shape index (κ3) is 4.12. The molecule has 2 aromatic heterocycles. The summed E-state index contributed by atoms with van der Waals surface area (Å²) in [7, 11) is 0. The van der Waals surface area contributed by atoms with Crippen LogP contribution in [0.5, 0.6) is 0 Å². The monoisotopic (exact) mass is 380 g/mol. The van der Waals surface area contributed by atoms with E-state index in [4.69, 9.17) is 4.74 Å². The lowest BCUT2D eigenvalue weighted by Gasteiger charge is -2.15. The summed E-state index contributed by atoms with van der Waals surface area (Å²) in [5, 5.41) is 12.7. The second-order valence-electron chi connectivity index (χ2n) is 6.92. The average molecular weight is 380 g/mol. The fraction of sp³-hybridized carbons (Fsp3) is 0.400. The van der Waals surface area contributed by atoms with Gasteiger partial charge in [-0.3, -0.25) is 9.48 Å². The molecule has 1 amide bonds. The van der Waals surface area contributed by atoms with Crippen molar-refractivity contribution in [2.24, 2.45) is 0 Å². The zero-order valence-electron chi connectivity index (χ0n) is 15.9. The highest BCUT2D eigenvalue weighted by molar-refractivity contribution is 5.92. The molecule has 1 aliphatic rings. The molecule has 146 valence electrons. The Kier molecular flexibility index (Phi) is 5.48. The first-order valence-electron chi connectivity index (χ1n) is 9.58. The molecule has 8 nitrogen and oxygen atoms in total. The number of hydrogen-bond acceptors (Lipinski definition) is 5. The van der Waals surface area contributed by atoms with Crippen molar-refractivity contribution in [3.63, 3.8) is 0 Å². The molecule has 3 heterocycles. The van der Waals surface area contributed by atoms with Crippen molar-refractivity contribution in [3.05, 3.63) is 65.7 Å². The van der Waals surface area contributed by atoms with Gasteiger partial charge in [0.05, 0.1) is 25.5 Å². The Bertz CT molecular complexity index is 920. The molecule has 28 heavy (non-hydrogen) atoms. The van der Waals surface area contributed by atoms with E-state index in [1.54, 1.807) is 10.7 Å². The van der Waals surface area contributed by atoms with Gasteiger partial charge in [-0.05, 0) is 25.0 Å². The van der Waals surface area contributed by atoms with Gasteiger partial charge in [0.1, 0.15) is 11.4 Å². The molecular weight excluding hydrogens is 356 g/mol. The Labute approximate surface area is 163 Å². The largest absolute Gasteiger partial charge is 0.370 e. The topological polar surface area (TPSA) is 78.1 Å². The van der Waals surface area contributed by atoms with Crippen LogP contribution in [0, 0.1) is 0 Å². The SMILES string of the molecule is CCn1ccc(C(=O)N2CC[C@H](n3cc(COCc4ccccc4)nn3)C2)n1. The number of benzene rings is 1. The van der Waals surface area contributed by atoms with Gasteiger partial charge in [0.25, 0.3) is 5.91 Å². The van der Waals surface area contributed by atoms with Crippen LogP contribution in [0.4, 0.5) is 0 Å². The first-order valence-corrected chi connectivity index (χ1v) is 9.58. The maximum Gasteiger partial charge on any atom is 0.274 e. The smallest absolute Gasteiger partial charge is 0.274 e. The Morgan fingerprint density at radius 2 is 2.07 bits per heavy atom. The van der Waals surface area contributed by atoms with Gasteiger partial charge >= 0.3 is 0 Å². The summed E-state index contributed by atoms with van der Waals surface area (Å²) in [6.45, 7) is 5.03. The predicted molar refractivity (Wildman–Crippen MR) is 102 cm³/mol. The zero-order chi connectivity index (χ0) is 19.3. The van der Waals surface area contributed by atoms with Crippen LogP contribution >= 0.6 is 0 Å². The third-order valence-corrected chi connectivity index (χ3v) is 4.93. The summed E-state index contributed by atoms with van der Waals surface area (Å²) in [5.41, 5.74) is 2.42. The molecule has 1 fully saturated rings. The number of hydrogen-bond donors (Lipinski definition) is 0. The van der Waals surface area contributed by atoms with E-state index in [2.05, 4.69) is 15.4 Å². The van der Waals surface area contributed by atoms with Crippen molar-refractivity contribution in [3.8, 4) is 0 Å². The lowest BCUT2D eigenvalue weighted by Crippen LogP contribution is -2.29. The Balaban J connectivity index is 1.30. The van der Waals surface area contributed by atoms with Gasteiger partial charge in [-0.2, -0.15) is 5.10 Å². The Morgan fingerprint density at radius 3 is 2.86 bits per heavy atom. The Hall–Kier alpha value is -3.00. The number of aromatic nitrogens is 5. The maximum atomic E-state index is 12.6. The molecule has 0 bridgehead atoms. The molecule has 1 atom stereocenters. The maximum absolute atomic E-state index is 12.6. The molecule has 3 aromatic rings. The van der Waals surface area contributed by atoms with Crippen molar-refractivity contribution < 1.29 is 9.53 Å². The zero-order valence-corrected chi connectivity index (χ0v) is 15.9. The van der Waals surface area contributed by atoms with Gasteiger partial charge in [0.2, 0.25) is 0 Å². The minimum absolute atomic E-state index is 0.0266. The molecule has 1 aliphatic heterocycles. The number of likely N-dealkylation sites (tertiary alicyclic amines) is 1. The number of aryl methyl sites for hydroxylation is 1. The summed E-state index contributed by atoms with van der Waals surface area (Å²) < 4.78 is 9.33. The molecule has 0 spiro atoms. The summed E-state index contributed by atoms with van der Waals surface area (Å²) in [4.78, 5) is 14.5. The van der Waals surface area contributed by atoms with Gasteiger partial charge in [0, 0.05) is 25.8 Å². The third-order valence-electron chi connectivity index (χ3n) is 4.93. The number of carbonyl (C=O) groups excluding carboxylic acids is 1. The lowest BCUT2D eigenvalue weighted by molar-refractivity contribution is 0.0780. The first-order chi connectivity index (χ1) is 13.7. The van der Waals surface area contributed by atoms with Crippen molar-refractivity contribution in [1.29, 1.82) is 0 Å². The highest BCUT2D eigenvalue weighted by Crippen LogP contribution is 2.22. The highest BCUT2D eigenvalue weighted by atomic mass is 16.5. The molecule has 0 radical (unpaired) electrons. The van der Waals surface area contributed by atoms with Gasteiger partial charge in [0.15, 0.2) is 0 Å².